The molecule has 13 heteroatoms. The lowest BCUT2D eigenvalue weighted by Gasteiger charge is -2.56. The van der Waals surface area contributed by atoms with Crippen molar-refractivity contribution in [2.45, 2.75) is 94.8 Å². The van der Waals surface area contributed by atoms with Gasteiger partial charge in [-0.15, -0.1) is 0 Å². The van der Waals surface area contributed by atoms with E-state index < -0.39 is 63.7 Å². The zero-order chi connectivity index (χ0) is 25.1. The first-order chi connectivity index (χ1) is 15.0. The van der Waals surface area contributed by atoms with E-state index in [1.54, 1.807) is 0 Å². The van der Waals surface area contributed by atoms with Crippen molar-refractivity contribution < 1.29 is 48.5 Å². The standard InChI is InChI=1S/C21H30F6O5S.H3N/c1-4-18(5-2,33(29,30)31-6-3)19(20(22,23)24,21(25,26)27)32-16(28)17-10-13-7-14(11-17)9-15(8-13)12-17;/h13-15H,4-12H2,1-3H3;1H3. The molecule has 0 heterocycles. The highest BCUT2D eigenvalue weighted by atomic mass is 32.2. The van der Waals surface area contributed by atoms with Crippen LogP contribution in [0.3, 0.4) is 0 Å². The number of hydrogen-bond acceptors (Lipinski definition) is 6. The van der Waals surface area contributed by atoms with Crippen LogP contribution >= 0.6 is 0 Å². The minimum absolute atomic E-state index is 0. The molecule has 4 bridgehead atoms. The maximum Gasteiger partial charge on any atom is 0.439 e. The van der Waals surface area contributed by atoms with Gasteiger partial charge in [-0.1, -0.05) is 13.8 Å². The Bertz CT molecular complexity index is 817. The monoisotopic (exact) mass is 525 g/mol. The highest BCUT2D eigenvalue weighted by molar-refractivity contribution is 7.88. The summed E-state index contributed by atoms with van der Waals surface area (Å²) in [6.45, 7) is 2.26. The van der Waals surface area contributed by atoms with Crippen LogP contribution in [-0.4, -0.2) is 43.7 Å². The number of carbonyl (C=O) groups is 1. The molecular formula is C21H33F6NO5S. The van der Waals surface area contributed by atoms with Gasteiger partial charge in [-0.05, 0) is 76.0 Å². The third-order valence-electron chi connectivity index (χ3n) is 8.05. The van der Waals surface area contributed by atoms with Gasteiger partial charge in [0, 0.05) is 0 Å². The van der Waals surface area contributed by atoms with E-state index in [0.717, 1.165) is 40.0 Å². The predicted molar refractivity (Wildman–Crippen MR) is 110 cm³/mol. The van der Waals surface area contributed by atoms with Crippen molar-refractivity contribution in [2.24, 2.45) is 23.2 Å². The van der Waals surface area contributed by atoms with Crippen molar-refractivity contribution in [1.82, 2.24) is 6.15 Å². The second-order valence-corrected chi connectivity index (χ2v) is 11.8. The van der Waals surface area contributed by atoms with E-state index in [9.17, 15) is 39.6 Å². The fourth-order valence-electron chi connectivity index (χ4n) is 7.04. The van der Waals surface area contributed by atoms with E-state index in [1.165, 1.54) is 0 Å². The van der Waals surface area contributed by atoms with Crippen LogP contribution in [0.4, 0.5) is 26.3 Å². The molecule has 0 aromatic heterocycles. The fourth-order valence-corrected chi connectivity index (χ4v) is 8.91. The second kappa shape index (κ2) is 9.10. The molecule has 0 saturated heterocycles. The Morgan fingerprint density at radius 3 is 1.53 bits per heavy atom. The van der Waals surface area contributed by atoms with Gasteiger partial charge in [0.05, 0.1) is 12.0 Å². The highest BCUT2D eigenvalue weighted by Crippen LogP contribution is 2.63. The molecule has 3 N–H and O–H groups in total. The van der Waals surface area contributed by atoms with Crippen molar-refractivity contribution in [3.63, 3.8) is 0 Å². The quantitative estimate of drug-likeness (QED) is 0.248. The van der Waals surface area contributed by atoms with Crippen LogP contribution in [0.1, 0.15) is 72.1 Å². The van der Waals surface area contributed by atoms with E-state index in [2.05, 4.69) is 8.92 Å². The molecule has 4 aliphatic rings. The van der Waals surface area contributed by atoms with Crippen molar-refractivity contribution in [3.05, 3.63) is 0 Å². The molecule has 4 aliphatic carbocycles. The first-order valence-electron chi connectivity index (χ1n) is 11.3. The smallest absolute Gasteiger partial charge is 0.437 e. The Balaban J connectivity index is 0.00000408. The first-order valence-corrected chi connectivity index (χ1v) is 12.7. The van der Waals surface area contributed by atoms with E-state index in [-0.39, 0.29) is 43.2 Å². The summed E-state index contributed by atoms with van der Waals surface area (Å²) in [5.74, 6) is -1.47. The fraction of sp³-hybridized carbons (Fsp3) is 0.952. The van der Waals surface area contributed by atoms with Gasteiger partial charge in [0.15, 0.2) is 4.75 Å². The number of rotatable bonds is 8. The summed E-state index contributed by atoms with van der Waals surface area (Å²) in [6.07, 6.45) is -11.9. The van der Waals surface area contributed by atoms with Crippen LogP contribution in [0.2, 0.25) is 0 Å². The molecule has 4 rings (SSSR count). The minimum atomic E-state index is -6.26. The largest absolute Gasteiger partial charge is 0.439 e. The van der Waals surface area contributed by atoms with Crippen molar-refractivity contribution in [2.75, 3.05) is 6.61 Å². The van der Waals surface area contributed by atoms with Gasteiger partial charge in [0.25, 0.3) is 10.1 Å². The Morgan fingerprint density at radius 1 is 0.853 bits per heavy atom. The maximum atomic E-state index is 14.5. The number of halogens is 6. The third-order valence-corrected chi connectivity index (χ3v) is 10.4. The first kappa shape index (κ1) is 29.2. The third kappa shape index (κ3) is 4.03. The summed E-state index contributed by atoms with van der Waals surface area (Å²) in [7, 11) is -5.48. The maximum absolute atomic E-state index is 14.5. The Morgan fingerprint density at radius 2 is 1.24 bits per heavy atom. The Kier molecular flexibility index (Phi) is 7.80. The average molecular weight is 526 g/mol. The predicted octanol–water partition coefficient (Wildman–Crippen LogP) is 5.70. The van der Waals surface area contributed by atoms with Crippen LogP contribution in [-0.2, 0) is 23.8 Å². The van der Waals surface area contributed by atoms with Gasteiger partial charge >= 0.3 is 23.9 Å². The number of ether oxygens (including phenoxy) is 1. The second-order valence-electron chi connectivity index (χ2n) is 9.83. The van der Waals surface area contributed by atoms with Gasteiger partial charge < -0.3 is 10.9 Å². The molecule has 4 fully saturated rings. The zero-order valence-corrected chi connectivity index (χ0v) is 20.3. The van der Waals surface area contributed by atoms with Crippen LogP contribution in [0.5, 0.6) is 0 Å². The molecule has 6 nitrogen and oxygen atoms in total. The Hall–Kier alpha value is -1.08. The van der Waals surface area contributed by atoms with Gasteiger partial charge in [0.1, 0.15) is 0 Å². The Labute approximate surface area is 195 Å². The van der Waals surface area contributed by atoms with E-state index in [0.29, 0.717) is 0 Å². The number of esters is 1. The molecule has 4 saturated carbocycles. The number of hydrogen-bond donors (Lipinski definition) is 1. The molecule has 0 aromatic carbocycles. The molecule has 0 aliphatic heterocycles. The van der Waals surface area contributed by atoms with Crippen molar-refractivity contribution in [1.29, 1.82) is 0 Å². The number of alkyl halides is 6. The summed E-state index contributed by atoms with van der Waals surface area (Å²) in [5.41, 5.74) is -6.73. The molecule has 0 radical (unpaired) electrons. The highest BCUT2D eigenvalue weighted by Gasteiger charge is 2.86. The summed E-state index contributed by atoms with van der Waals surface area (Å²) >= 11 is 0. The molecule has 0 amide bonds. The minimum Gasteiger partial charge on any atom is -0.437 e. The van der Waals surface area contributed by atoms with E-state index in [4.69, 9.17) is 0 Å². The van der Waals surface area contributed by atoms with Crippen molar-refractivity contribution >= 4 is 16.1 Å². The van der Waals surface area contributed by atoms with Gasteiger partial charge in [-0.3, -0.25) is 8.98 Å². The molecule has 0 atom stereocenters. The van der Waals surface area contributed by atoms with E-state index in [1.807, 2.05) is 0 Å². The van der Waals surface area contributed by atoms with Gasteiger partial charge in [0.2, 0.25) is 0 Å². The summed E-state index contributed by atoms with van der Waals surface area (Å²) in [4.78, 5) is 13.3. The average Bonchev–Trinajstić information content (AvgIpc) is 2.64. The lowest BCUT2D eigenvalue weighted by atomic mass is 9.49. The van der Waals surface area contributed by atoms with E-state index >= 15 is 0 Å². The van der Waals surface area contributed by atoms with Crippen LogP contribution in [0, 0.1) is 23.2 Å². The SMILES string of the molecule is CCOS(=O)(=O)C(CC)(CC)C(OC(=O)C12CC3CC(CC(C3)C1)C2)(C(F)(F)F)C(F)(F)F.N. The van der Waals surface area contributed by atoms with Crippen LogP contribution in [0.25, 0.3) is 0 Å². The van der Waals surface area contributed by atoms with Crippen LogP contribution < -0.4 is 6.15 Å². The lowest BCUT2D eigenvalue weighted by Crippen LogP contribution is -2.75. The molecule has 200 valence electrons. The normalized spacial score (nSPS) is 29.6. The van der Waals surface area contributed by atoms with Crippen molar-refractivity contribution in [3.8, 4) is 0 Å². The van der Waals surface area contributed by atoms with Gasteiger partial charge in [-0.2, -0.15) is 34.8 Å². The molecule has 0 unspecified atom stereocenters. The van der Waals surface area contributed by atoms with Crippen LogP contribution in [0.15, 0.2) is 0 Å². The topological polar surface area (TPSA) is 105 Å². The molecule has 34 heavy (non-hydrogen) atoms. The summed E-state index contributed by atoms with van der Waals surface area (Å²) in [6, 6.07) is 0. The number of carbonyl (C=O) groups excluding carboxylic acids is 1. The lowest BCUT2D eigenvalue weighted by molar-refractivity contribution is -0.384. The summed E-state index contributed by atoms with van der Waals surface area (Å²) in [5, 5.41) is 0. The van der Waals surface area contributed by atoms with Gasteiger partial charge in [-0.25, -0.2) is 0 Å². The summed E-state index contributed by atoms with van der Waals surface area (Å²) < 4.78 is 118. The molecular weight excluding hydrogens is 492 g/mol. The molecule has 0 aromatic rings. The molecule has 0 spiro atoms. The zero-order valence-electron chi connectivity index (χ0n) is 19.5.